The Morgan fingerprint density at radius 1 is 0.688 bits per heavy atom. The third-order valence-corrected chi connectivity index (χ3v) is 3.17. The lowest BCUT2D eigenvalue weighted by Crippen LogP contribution is -2.05. The number of nitrogens with zero attached hydrogens (tertiary/aromatic N) is 2. The van der Waals surface area contributed by atoms with Gasteiger partial charge in [0.1, 0.15) is 5.52 Å². The molecule has 4 N–H and O–H groups in total. The zero-order chi connectivity index (χ0) is 12.0. The highest BCUT2D eigenvalue weighted by Gasteiger charge is 2.13. The lowest BCUT2D eigenvalue weighted by Gasteiger charge is -2.13. The van der Waals surface area contributed by atoms with E-state index in [-0.39, 0.29) is 0 Å². The highest BCUT2D eigenvalue weighted by molar-refractivity contribution is 5.97. The van der Waals surface area contributed by atoms with Gasteiger partial charge in [0.05, 0.1) is 28.3 Å². The molecule has 4 heteroatoms. The van der Waals surface area contributed by atoms with Gasteiger partial charge < -0.3 is 11.5 Å². The van der Waals surface area contributed by atoms with Gasteiger partial charge in [-0.15, -0.1) is 0 Å². The number of benzene rings is 1. The highest BCUT2D eigenvalue weighted by atomic mass is 14.9. The molecule has 0 fully saturated rings. The molecule has 2 rings (SSSR count). The molecule has 0 radical (unpaired) electrons. The third kappa shape index (κ3) is 1.30. The summed E-state index contributed by atoms with van der Waals surface area (Å²) < 4.78 is 0. The Labute approximate surface area is 94.7 Å². The lowest BCUT2D eigenvalue weighted by atomic mass is 10.0. The van der Waals surface area contributed by atoms with Crippen LogP contribution in [-0.2, 0) is 0 Å². The summed E-state index contributed by atoms with van der Waals surface area (Å²) in [5, 5.41) is 0. The van der Waals surface area contributed by atoms with Gasteiger partial charge in [-0.3, -0.25) is 0 Å². The first kappa shape index (κ1) is 10.7. The fourth-order valence-electron chi connectivity index (χ4n) is 1.76. The smallest absolute Gasteiger partial charge is 0.114 e. The van der Waals surface area contributed by atoms with Gasteiger partial charge in [-0.05, 0) is 38.8 Å². The molecule has 4 nitrogen and oxygen atoms in total. The number of hydrogen-bond acceptors (Lipinski definition) is 4. The molecule has 0 bridgehead atoms. The summed E-state index contributed by atoms with van der Waals surface area (Å²) in [6.45, 7) is 7.82. The largest absolute Gasteiger partial charge is 0.397 e. The molecule has 0 aliphatic heterocycles. The highest BCUT2D eigenvalue weighted by Crippen LogP contribution is 2.31. The molecule has 0 aliphatic rings. The number of hydrogen-bond donors (Lipinski definition) is 2. The number of fused-ring (bicyclic) bond motifs is 1. The van der Waals surface area contributed by atoms with Gasteiger partial charge in [0.2, 0.25) is 0 Å². The van der Waals surface area contributed by atoms with Crippen molar-refractivity contribution in [2.24, 2.45) is 0 Å². The van der Waals surface area contributed by atoms with Gasteiger partial charge in [-0.1, -0.05) is 0 Å². The Hall–Kier alpha value is -1.84. The van der Waals surface area contributed by atoms with Gasteiger partial charge in [0.15, 0.2) is 0 Å². The van der Waals surface area contributed by atoms with Gasteiger partial charge in [-0.25, -0.2) is 9.97 Å². The minimum atomic E-state index is 0.536. The Balaban J connectivity index is 3.02. The van der Waals surface area contributed by atoms with E-state index < -0.39 is 0 Å². The van der Waals surface area contributed by atoms with Crippen molar-refractivity contribution >= 4 is 22.4 Å². The van der Waals surface area contributed by atoms with Crippen molar-refractivity contribution in [2.75, 3.05) is 11.5 Å². The summed E-state index contributed by atoms with van der Waals surface area (Å²) >= 11 is 0. The second kappa shape index (κ2) is 3.33. The summed E-state index contributed by atoms with van der Waals surface area (Å²) in [4.78, 5) is 9.01. The summed E-state index contributed by atoms with van der Waals surface area (Å²) in [7, 11) is 0. The van der Waals surface area contributed by atoms with E-state index in [0.717, 1.165) is 28.0 Å². The first-order chi connectivity index (χ1) is 7.43. The Morgan fingerprint density at radius 2 is 1.19 bits per heavy atom. The maximum Gasteiger partial charge on any atom is 0.114 e. The molecular weight excluding hydrogens is 200 g/mol. The molecule has 0 unspecified atom stereocenters. The molecule has 0 saturated carbocycles. The molecule has 2 aromatic rings. The number of aryl methyl sites for hydroxylation is 3. The normalized spacial score (nSPS) is 11.0. The summed E-state index contributed by atoms with van der Waals surface area (Å²) in [5.41, 5.74) is 18.5. The van der Waals surface area contributed by atoms with Crippen molar-refractivity contribution < 1.29 is 0 Å². The molecule has 0 spiro atoms. The Kier molecular flexibility index (Phi) is 2.22. The summed E-state index contributed by atoms with van der Waals surface area (Å²) in [6.07, 6.45) is 0. The van der Waals surface area contributed by atoms with Crippen LogP contribution in [0.4, 0.5) is 11.4 Å². The van der Waals surface area contributed by atoms with Crippen LogP contribution in [0.15, 0.2) is 0 Å². The van der Waals surface area contributed by atoms with Crippen LogP contribution in [0.3, 0.4) is 0 Å². The van der Waals surface area contributed by atoms with Crippen LogP contribution in [0.1, 0.15) is 22.5 Å². The number of nitrogen functional groups attached to an aromatic ring is 2. The minimum Gasteiger partial charge on any atom is -0.397 e. The minimum absolute atomic E-state index is 0.536. The van der Waals surface area contributed by atoms with Gasteiger partial charge in [0.25, 0.3) is 0 Å². The predicted octanol–water partition coefficient (Wildman–Crippen LogP) is 2.03. The first-order valence-electron chi connectivity index (χ1n) is 5.22. The Morgan fingerprint density at radius 3 is 1.75 bits per heavy atom. The maximum absolute atomic E-state index is 5.98. The lowest BCUT2D eigenvalue weighted by molar-refractivity contribution is 1.09. The van der Waals surface area contributed by atoms with Crippen LogP contribution in [-0.4, -0.2) is 9.97 Å². The standard InChI is InChI=1S/C12H16N4/c1-5-6(2)11-12(10(14)9(5)13)16-8(4)7(3)15-11/h13-14H2,1-4H3. The number of anilines is 2. The SMILES string of the molecule is Cc1nc2c(C)c(C)c(N)c(N)c2nc1C. The molecule has 0 atom stereocenters. The van der Waals surface area contributed by atoms with Crippen molar-refractivity contribution in [2.45, 2.75) is 27.7 Å². The van der Waals surface area contributed by atoms with Crippen LogP contribution in [0, 0.1) is 27.7 Å². The average molecular weight is 216 g/mol. The molecule has 1 aromatic carbocycles. The van der Waals surface area contributed by atoms with Crippen molar-refractivity contribution in [3.05, 3.63) is 22.5 Å². The van der Waals surface area contributed by atoms with E-state index in [1.807, 2.05) is 27.7 Å². The van der Waals surface area contributed by atoms with Crippen LogP contribution in [0.25, 0.3) is 11.0 Å². The molecule has 0 aliphatic carbocycles. The second-order valence-electron chi connectivity index (χ2n) is 4.17. The van der Waals surface area contributed by atoms with Gasteiger partial charge in [0, 0.05) is 0 Å². The van der Waals surface area contributed by atoms with Crippen LogP contribution < -0.4 is 11.5 Å². The zero-order valence-electron chi connectivity index (χ0n) is 10.0. The molecule has 0 saturated heterocycles. The van der Waals surface area contributed by atoms with Crippen LogP contribution in [0.5, 0.6) is 0 Å². The van der Waals surface area contributed by atoms with E-state index in [2.05, 4.69) is 9.97 Å². The third-order valence-electron chi connectivity index (χ3n) is 3.17. The molecule has 84 valence electrons. The fourth-order valence-corrected chi connectivity index (χ4v) is 1.76. The number of aromatic nitrogens is 2. The molecule has 16 heavy (non-hydrogen) atoms. The molecular formula is C12H16N4. The Bertz CT molecular complexity index is 535. The van der Waals surface area contributed by atoms with E-state index >= 15 is 0 Å². The van der Waals surface area contributed by atoms with E-state index in [9.17, 15) is 0 Å². The quantitative estimate of drug-likeness (QED) is 0.660. The van der Waals surface area contributed by atoms with Gasteiger partial charge in [-0.2, -0.15) is 0 Å². The predicted molar refractivity (Wildman–Crippen MR) is 67.3 cm³/mol. The van der Waals surface area contributed by atoms with Crippen molar-refractivity contribution in [3.63, 3.8) is 0 Å². The summed E-state index contributed by atoms with van der Waals surface area (Å²) in [5.74, 6) is 0. The number of nitrogens with two attached hydrogens (primary N) is 2. The van der Waals surface area contributed by atoms with Crippen molar-refractivity contribution in [1.29, 1.82) is 0 Å². The average Bonchev–Trinajstić information content (AvgIpc) is 2.26. The molecule has 0 amide bonds. The molecule has 1 aromatic heterocycles. The van der Waals surface area contributed by atoms with Gasteiger partial charge >= 0.3 is 0 Å². The fraction of sp³-hybridized carbons (Fsp3) is 0.333. The van der Waals surface area contributed by atoms with E-state index in [0.29, 0.717) is 16.9 Å². The topological polar surface area (TPSA) is 77.8 Å². The van der Waals surface area contributed by atoms with Crippen molar-refractivity contribution in [1.82, 2.24) is 9.97 Å². The van der Waals surface area contributed by atoms with E-state index in [4.69, 9.17) is 11.5 Å². The maximum atomic E-state index is 5.98. The monoisotopic (exact) mass is 216 g/mol. The zero-order valence-corrected chi connectivity index (χ0v) is 10.0. The first-order valence-corrected chi connectivity index (χ1v) is 5.22. The number of rotatable bonds is 0. The van der Waals surface area contributed by atoms with E-state index in [1.54, 1.807) is 0 Å². The van der Waals surface area contributed by atoms with E-state index in [1.165, 1.54) is 0 Å². The van der Waals surface area contributed by atoms with Crippen LogP contribution in [0.2, 0.25) is 0 Å². The van der Waals surface area contributed by atoms with Crippen molar-refractivity contribution in [3.8, 4) is 0 Å². The summed E-state index contributed by atoms with van der Waals surface area (Å²) in [6, 6.07) is 0. The van der Waals surface area contributed by atoms with Crippen LogP contribution >= 0.6 is 0 Å². The molecule has 1 heterocycles. The second-order valence-corrected chi connectivity index (χ2v) is 4.17.